The Labute approximate surface area is 183 Å². The first-order valence-corrected chi connectivity index (χ1v) is 10.7. The lowest BCUT2D eigenvalue weighted by atomic mass is 10.1. The number of benzene rings is 2. The Kier molecular flexibility index (Phi) is 7.18. The van der Waals surface area contributed by atoms with Crippen LogP contribution in [0.15, 0.2) is 72.0 Å². The van der Waals surface area contributed by atoms with E-state index >= 15 is 0 Å². The lowest BCUT2D eigenvalue weighted by Crippen LogP contribution is -2.39. The van der Waals surface area contributed by atoms with Gasteiger partial charge in [0.1, 0.15) is 0 Å². The Morgan fingerprint density at radius 1 is 0.935 bits per heavy atom. The topological polar surface area (TPSA) is 66.7 Å². The van der Waals surface area contributed by atoms with Crippen molar-refractivity contribution in [2.24, 2.45) is 4.99 Å². The van der Waals surface area contributed by atoms with Crippen molar-refractivity contribution >= 4 is 11.6 Å². The van der Waals surface area contributed by atoms with Gasteiger partial charge in [-0.15, -0.1) is 0 Å². The van der Waals surface area contributed by atoms with Gasteiger partial charge in [-0.05, 0) is 28.8 Å². The number of nitrogens with one attached hydrogen (secondary N) is 2. The van der Waals surface area contributed by atoms with Gasteiger partial charge in [-0.25, -0.2) is 0 Å². The molecule has 1 aliphatic rings. The highest BCUT2D eigenvalue weighted by Gasteiger charge is 2.14. The van der Waals surface area contributed by atoms with Gasteiger partial charge < -0.3 is 20.3 Å². The molecule has 0 saturated carbocycles. The third-order valence-corrected chi connectivity index (χ3v) is 5.47. The summed E-state index contributed by atoms with van der Waals surface area (Å²) in [6.45, 7) is 5.58. The second-order valence-electron chi connectivity index (χ2n) is 7.48. The summed E-state index contributed by atoms with van der Waals surface area (Å²) in [6.07, 6.45) is 3.79. The van der Waals surface area contributed by atoms with Crippen LogP contribution in [-0.2, 0) is 24.4 Å². The molecule has 1 aliphatic heterocycles. The van der Waals surface area contributed by atoms with E-state index in [4.69, 9.17) is 4.74 Å². The first-order valence-electron chi connectivity index (χ1n) is 10.7. The minimum absolute atomic E-state index is 0.697. The summed E-state index contributed by atoms with van der Waals surface area (Å²) < 4.78 is 7.44. The Morgan fingerprint density at radius 2 is 1.61 bits per heavy atom. The molecule has 1 fully saturated rings. The van der Waals surface area contributed by atoms with Crippen LogP contribution in [-0.4, -0.2) is 49.1 Å². The van der Waals surface area contributed by atoms with Crippen LogP contribution in [0.5, 0.6) is 0 Å². The molecule has 162 valence electrons. The fourth-order valence-corrected chi connectivity index (χ4v) is 3.80. The number of nitrogens with zero attached hydrogens (tertiary/aromatic N) is 4. The van der Waals surface area contributed by atoms with Crippen LogP contribution in [0.2, 0.25) is 0 Å². The molecular weight excluding hydrogens is 388 g/mol. The van der Waals surface area contributed by atoms with Gasteiger partial charge in [0.15, 0.2) is 5.96 Å². The van der Waals surface area contributed by atoms with Crippen LogP contribution in [0.25, 0.3) is 0 Å². The van der Waals surface area contributed by atoms with E-state index < -0.39 is 0 Å². The molecule has 2 heterocycles. The Hall–Kier alpha value is -3.32. The van der Waals surface area contributed by atoms with Crippen molar-refractivity contribution < 1.29 is 4.74 Å². The number of para-hydroxylation sites is 1. The number of aromatic nitrogens is 2. The average Bonchev–Trinajstić information content (AvgIpc) is 3.34. The van der Waals surface area contributed by atoms with E-state index in [1.165, 1.54) is 22.4 Å². The molecule has 0 atom stereocenters. The molecule has 2 aromatic carbocycles. The molecule has 31 heavy (non-hydrogen) atoms. The molecule has 4 rings (SSSR count). The molecule has 0 spiro atoms. The molecule has 0 amide bonds. The van der Waals surface area contributed by atoms with E-state index in [1.54, 1.807) is 13.2 Å². The first kappa shape index (κ1) is 20.9. The molecular formula is C24H30N6O. The maximum Gasteiger partial charge on any atom is 0.191 e. The smallest absolute Gasteiger partial charge is 0.191 e. The molecule has 1 saturated heterocycles. The monoisotopic (exact) mass is 418 g/mol. The zero-order valence-electron chi connectivity index (χ0n) is 18.0. The Bertz CT molecular complexity index is 979. The van der Waals surface area contributed by atoms with E-state index in [0.717, 1.165) is 38.8 Å². The quantitative estimate of drug-likeness (QED) is 0.456. The summed E-state index contributed by atoms with van der Waals surface area (Å²) in [7, 11) is 1.80. The van der Waals surface area contributed by atoms with Gasteiger partial charge in [0.25, 0.3) is 0 Å². The number of hydrogen-bond acceptors (Lipinski definition) is 4. The minimum Gasteiger partial charge on any atom is -0.378 e. The highest BCUT2D eigenvalue weighted by Crippen LogP contribution is 2.21. The van der Waals surface area contributed by atoms with Gasteiger partial charge in [0, 0.05) is 51.3 Å². The zero-order valence-corrected chi connectivity index (χ0v) is 18.0. The summed E-state index contributed by atoms with van der Waals surface area (Å²) in [5.74, 6) is 0.783. The van der Waals surface area contributed by atoms with Crippen molar-refractivity contribution in [3.8, 4) is 0 Å². The summed E-state index contributed by atoms with van der Waals surface area (Å²) in [6, 6.07) is 18.9. The van der Waals surface area contributed by atoms with Crippen molar-refractivity contribution in [1.29, 1.82) is 0 Å². The van der Waals surface area contributed by atoms with Crippen molar-refractivity contribution in [2.75, 3.05) is 38.3 Å². The van der Waals surface area contributed by atoms with E-state index in [0.29, 0.717) is 13.1 Å². The molecule has 0 bridgehead atoms. The fraction of sp³-hybridized carbons (Fsp3) is 0.333. The van der Waals surface area contributed by atoms with Crippen LogP contribution in [0.1, 0.15) is 16.7 Å². The lowest BCUT2D eigenvalue weighted by Gasteiger charge is -2.30. The number of aliphatic imine (C=N–C) groups is 1. The summed E-state index contributed by atoms with van der Waals surface area (Å²) >= 11 is 0. The van der Waals surface area contributed by atoms with E-state index in [-0.39, 0.29) is 0 Å². The van der Waals surface area contributed by atoms with Crippen LogP contribution < -0.4 is 15.5 Å². The van der Waals surface area contributed by atoms with Crippen LogP contribution >= 0.6 is 0 Å². The van der Waals surface area contributed by atoms with Crippen LogP contribution in [0.3, 0.4) is 0 Å². The molecule has 0 aliphatic carbocycles. The number of ether oxygens (including phenoxy) is 1. The molecule has 0 radical (unpaired) electrons. The zero-order chi connectivity index (χ0) is 21.3. The number of hydrogen-bond donors (Lipinski definition) is 2. The third-order valence-electron chi connectivity index (χ3n) is 5.47. The normalized spacial score (nSPS) is 14.5. The SMILES string of the molecule is CN=C(NCc1ccccc1Cn1cccn1)NCc1ccccc1N1CCOCC1. The second kappa shape index (κ2) is 10.6. The predicted molar refractivity (Wildman–Crippen MR) is 124 cm³/mol. The number of guanidine groups is 1. The van der Waals surface area contributed by atoms with Gasteiger partial charge in [-0.3, -0.25) is 9.67 Å². The third kappa shape index (κ3) is 5.64. The van der Waals surface area contributed by atoms with Crippen LogP contribution in [0, 0.1) is 0 Å². The van der Waals surface area contributed by atoms with Gasteiger partial charge >= 0.3 is 0 Å². The van der Waals surface area contributed by atoms with E-state index in [2.05, 4.69) is 74.2 Å². The fourth-order valence-electron chi connectivity index (χ4n) is 3.80. The number of morpholine rings is 1. The highest BCUT2D eigenvalue weighted by molar-refractivity contribution is 5.79. The molecule has 7 heteroatoms. The largest absolute Gasteiger partial charge is 0.378 e. The minimum atomic E-state index is 0.697. The standard InChI is InChI=1S/C24H30N6O/c1-25-24(26-17-20-7-2-3-9-22(20)19-30-12-6-11-28-30)27-18-21-8-4-5-10-23(21)29-13-15-31-16-14-29/h2-12H,13-19H2,1H3,(H2,25,26,27). The number of rotatable bonds is 7. The lowest BCUT2D eigenvalue weighted by molar-refractivity contribution is 0.122. The van der Waals surface area contributed by atoms with Crippen molar-refractivity contribution in [3.05, 3.63) is 83.7 Å². The average molecular weight is 419 g/mol. The molecule has 1 aromatic heterocycles. The Balaban J connectivity index is 1.36. The first-order chi connectivity index (χ1) is 15.3. The molecule has 3 aromatic rings. The number of anilines is 1. The van der Waals surface area contributed by atoms with Gasteiger partial charge in [0.2, 0.25) is 0 Å². The summed E-state index contributed by atoms with van der Waals surface area (Å²) in [5.41, 5.74) is 4.99. The second-order valence-corrected chi connectivity index (χ2v) is 7.48. The van der Waals surface area contributed by atoms with Gasteiger partial charge in [-0.1, -0.05) is 42.5 Å². The maximum atomic E-state index is 5.50. The van der Waals surface area contributed by atoms with Crippen molar-refractivity contribution in [1.82, 2.24) is 20.4 Å². The Morgan fingerprint density at radius 3 is 2.32 bits per heavy atom. The van der Waals surface area contributed by atoms with Crippen molar-refractivity contribution in [3.63, 3.8) is 0 Å². The van der Waals surface area contributed by atoms with Crippen molar-refractivity contribution in [2.45, 2.75) is 19.6 Å². The molecule has 0 unspecified atom stereocenters. The molecule has 2 N–H and O–H groups in total. The molecule has 7 nitrogen and oxygen atoms in total. The predicted octanol–water partition coefficient (Wildman–Crippen LogP) is 2.63. The van der Waals surface area contributed by atoms with E-state index in [9.17, 15) is 0 Å². The van der Waals surface area contributed by atoms with Crippen LogP contribution in [0.4, 0.5) is 5.69 Å². The summed E-state index contributed by atoms with van der Waals surface area (Å²) in [4.78, 5) is 6.80. The van der Waals surface area contributed by atoms with Gasteiger partial charge in [0.05, 0.1) is 19.8 Å². The van der Waals surface area contributed by atoms with Gasteiger partial charge in [-0.2, -0.15) is 5.10 Å². The highest BCUT2D eigenvalue weighted by atomic mass is 16.5. The maximum absolute atomic E-state index is 5.50. The van der Waals surface area contributed by atoms with E-state index in [1.807, 2.05) is 16.9 Å². The summed E-state index contributed by atoms with van der Waals surface area (Å²) in [5, 5.41) is 11.2.